The van der Waals surface area contributed by atoms with Gasteiger partial charge in [0.25, 0.3) is 0 Å². The second kappa shape index (κ2) is 8.74. The topological polar surface area (TPSA) is 84.9 Å². The molecule has 0 radical (unpaired) electrons. The molecule has 0 aliphatic carbocycles. The predicted molar refractivity (Wildman–Crippen MR) is 84.8 cm³/mol. The molecule has 1 heterocycles. The van der Waals surface area contributed by atoms with Gasteiger partial charge in [0.15, 0.2) is 0 Å². The minimum absolute atomic E-state index is 0.00674. The molecule has 0 bridgehead atoms. The van der Waals surface area contributed by atoms with Crippen molar-refractivity contribution >= 4 is 18.0 Å². The summed E-state index contributed by atoms with van der Waals surface area (Å²) in [6.07, 6.45) is 2.78. The number of amides is 2. The Morgan fingerprint density at radius 1 is 1.30 bits per heavy atom. The number of hydrogen-bond acceptors (Lipinski definition) is 5. The number of methoxy groups -OCH3 is 1. The number of carbonyl (C=O) groups excluding carboxylic acids is 3. The summed E-state index contributed by atoms with van der Waals surface area (Å²) in [4.78, 5) is 36.8. The molecule has 0 spiro atoms. The molecule has 0 aromatic heterocycles. The first-order valence-electron chi connectivity index (χ1n) is 8.09. The fourth-order valence-electron chi connectivity index (χ4n) is 2.50. The van der Waals surface area contributed by atoms with Crippen LogP contribution in [0.4, 0.5) is 4.79 Å². The second-order valence-corrected chi connectivity index (χ2v) is 6.65. The lowest BCUT2D eigenvalue weighted by Gasteiger charge is -2.25. The van der Waals surface area contributed by atoms with Gasteiger partial charge in [0, 0.05) is 19.5 Å². The van der Waals surface area contributed by atoms with Crippen molar-refractivity contribution in [1.29, 1.82) is 0 Å². The van der Waals surface area contributed by atoms with Crippen LogP contribution in [0.5, 0.6) is 0 Å². The highest BCUT2D eigenvalue weighted by molar-refractivity contribution is 5.85. The van der Waals surface area contributed by atoms with Gasteiger partial charge in [-0.3, -0.25) is 4.79 Å². The van der Waals surface area contributed by atoms with Crippen LogP contribution in [-0.2, 0) is 19.1 Å². The van der Waals surface area contributed by atoms with E-state index in [4.69, 9.17) is 9.47 Å². The molecule has 0 unspecified atom stereocenters. The lowest BCUT2D eigenvalue weighted by Crippen LogP contribution is -2.42. The van der Waals surface area contributed by atoms with Gasteiger partial charge in [-0.05, 0) is 46.5 Å². The van der Waals surface area contributed by atoms with Gasteiger partial charge in [0.05, 0.1) is 7.11 Å². The third-order valence-electron chi connectivity index (χ3n) is 3.53. The number of rotatable bonds is 7. The van der Waals surface area contributed by atoms with Crippen molar-refractivity contribution in [1.82, 2.24) is 10.2 Å². The Bertz CT molecular complexity index is 431. The average Bonchev–Trinajstić information content (AvgIpc) is 2.86. The fourth-order valence-corrected chi connectivity index (χ4v) is 2.50. The van der Waals surface area contributed by atoms with E-state index >= 15 is 0 Å². The van der Waals surface area contributed by atoms with Gasteiger partial charge in [-0.1, -0.05) is 0 Å². The third-order valence-corrected chi connectivity index (χ3v) is 3.53. The van der Waals surface area contributed by atoms with Gasteiger partial charge in [-0.15, -0.1) is 0 Å². The first-order chi connectivity index (χ1) is 10.7. The highest BCUT2D eigenvalue weighted by Crippen LogP contribution is 2.18. The van der Waals surface area contributed by atoms with Gasteiger partial charge in [0.1, 0.15) is 11.6 Å². The number of esters is 1. The first-order valence-corrected chi connectivity index (χ1v) is 8.09. The van der Waals surface area contributed by atoms with Crippen LogP contribution >= 0.6 is 0 Å². The van der Waals surface area contributed by atoms with Crippen molar-refractivity contribution in [2.75, 3.05) is 20.2 Å². The molecule has 1 N–H and O–H groups in total. The standard InChI is InChI=1S/C16H28N2O5/c1-16(2,3)23-15(21)17-10-6-5-8-12(14(20)22-4)18-11-7-9-13(18)19/h12H,5-11H2,1-4H3,(H,17,21)/t12-/m0/s1. The van der Waals surface area contributed by atoms with E-state index in [0.717, 1.165) is 6.42 Å². The predicted octanol–water partition coefficient (Wildman–Crippen LogP) is 1.85. The fraction of sp³-hybridized carbons (Fsp3) is 0.812. The maximum Gasteiger partial charge on any atom is 0.407 e. The second-order valence-electron chi connectivity index (χ2n) is 6.65. The number of nitrogens with one attached hydrogen (secondary N) is 1. The lowest BCUT2D eigenvalue weighted by atomic mass is 10.1. The van der Waals surface area contributed by atoms with Gasteiger partial charge >= 0.3 is 12.1 Å². The smallest absolute Gasteiger partial charge is 0.407 e. The molecule has 23 heavy (non-hydrogen) atoms. The maximum absolute atomic E-state index is 11.9. The monoisotopic (exact) mass is 328 g/mol. The molecule has 1 fully saturated rings. The molecular formula is C16H28N2O5. The SMILES string of the molecule is COC(=O)[C@H](CCCCNC(=O)OC(C)(C)C)N1CCCC1=O. The van der Waals surface area contributed by atoms with Crippen LogP contribution in [0.3, 0.4) is 0 Å². The summed E-state index contributed by atoms with van der Waals surface area (Å²) in [7, 11) is 1.33. The Balaban J connectivity index is 2.32. The summed E-state index contributed by atoms with van der Waals surface area (Å²) in [5.74, 6) is -0.368. The molecule has 1 rings (SSSR count). The lowest BCUT2D eigenvalue weighted by molar-refractivity contribution is -0.151. The van der Waals surface area contributed by atoms with Crippen LogP contribution in [0, 0.1) is 0 Å². The first kappa shape index (κ1) is 19.3. The van der Waals surface area contributed by atoms with E-state index in [1.54, 1.807) is 25.7 Å². The summed E-state index contributed by atoms with van der Waals surface area (Å²) in [5, 5.41) is 2.68. The van der Waals surface area contributed by atoms with Gasteiger partial charge < -0.3 is 19.7 Å². The van der Waals surface area contributed by atoms with Crippen molar-refractivity contribution in [3.8, 4) is 0 Å². The van der Waals surface area contributed by atoms with E-state index in [-0.39, 0.29) is 11.9 Å². The zero-order valence-electron chi connectivity index (χ0n) is 14.5. The maximum atomic E-state index is 11.9. The Kier molecular flexibility index (Phi) is 7.32. The van der Waals surface area contributed by atoms with Gasteiger partial charge in [0.2, 0.25) is 5.91 Å². The highest BCUT2D eigenvalue weighted by Gasteiger charge is 2.32. The molecule has 1 atom stereocenters. The molecular weight excluding hydrogens is 300 g/mol. The Morgan fingerprint density at radius 2 is 2.00 bits per heavy atom. The molecule has 0 aromatic rings. The van der Waals surface area contributed by atoms with Gasteiger partial charge in [-0.25, -0.2) is 9.59 Å². The number of likely N-dealkylation sites (tertiary alicyclic amines) is 1. The van der Waals surface area contributed by atoms with Crippen LogP contribution in [0.1, 0.15) is 52.9 Å². The van der Waals surface area contributed by atoms with Crippen molar-refractivity contribution < 1.29 is 23.9 Å². The van der Waals surface area contributed by atoms with Crippen LogP contribution < -0.4 is 5.32 Å². The Hall–Kier alpha value is -1.79. The minimum atomic E-state index is -0.518. The van der Waals surface area contributed by atoms with Crippen molar-refractivity contribution in [3.05, 3.63) is 0 Å². The summed E-state index contributed by atoms with van der Waals surface area (Å²) < 4.78 is 9.94. The van der Waals surface area contributed by atoms with Crippen molar-refractivity contribution in [2.24, 2.45) is 0 Å². The van der Waals surface area contributed by atoms with Crippen LogP contribution in [0.2, 0.25) is 0 Å². The molecule has 0 aromatic carbocycles. The number of alkyl carbamates (subject to hydrolysis) is 1. The van der Waals surface area contributed by atoms with Crippen molar-refractivity contribution in [2.45, 2.75) is 64.5 Å². The normalized spacial score (nSPS) is 16.2. The van der Waals surface area contributed by atoms with E-state index in [9.17, 15) is 14.4 Å². The summed E-state index contributed by atoms with van der Waals surface area (Å²) >= 11 is 0. The highest BCUT2D eigenvalue weighted by atomic mass is 16.6. The molecule has 0 saturated carbocycles. The number of nitrogens with zero attached hydrogens (tertiary/aromatic N) is 1. The zero-order valence-corrected chi connectivity index (χ0v) is 14.5. The number of unbranched alkanes of at least 4 members (excludes halogenated alkanes) is 1. The molecule has 2 amide bonds. The number of carbonyl (C=O) groups is 3. The largest absolute Gasteiger partial charge is 0.467 e. The van der Waals surface area contributed by atoms with Crippen LogP contribution in [0.15, 0.2) is 0 Å². The van der Waals surface area contributed by atoms with E-state index in [0.29, 0.717) is 38.8 Å². The molecule has 1 saturated heterocycles. The molecule has 7 heteroatoms. The van der Waals surface area contributed by atoms with E-state index in [2.05, 4.69) is 5.32 Å². The van der Waals surface area contributed by atoms with Gasteiger partial charge in [-0.2, -0.15) is 0 Å². The number of hydrogen-bond donors (Lipinski definition) is 1. The Labute approximate surface area is 137 Å². The molecule has 7 nitrogen and oxygen atoms in total. The van der Waals surface area contributed by atoms with E-state index in [1.165, 1.54) is 7.11 Å². The minimum Gasteiger partial charge on any atom is -0.467 e. The number of ether oxygens (including phenoxy) is 2. The quantitative estimate of drug-likeness (QED) is 0.569. The molecule has 1 aliphatic heterocycles. The summed E-state index contributed by atoms with van der Waals surface area (Å²) in [6, 6.07) is -0.517. The summed E-state index contributed by atoms with van der Waals surface area (Å²) in [6.45, 7) is 6.49. The average molecular weight is 328 g/mol. The van der Waals surface area contributed by atoms with E-state index < -0.39 is 17.7 Å². The summed E-state index contributed by atoms with van der Waals surface area (Å²) in [5.41, 5.74) is -0.518. The van der Waals surface area contributed by atoms with Crippen LogP contribution in [0.25, 0.3) is 0 Å². The molecule has 1 aliphatic rings. The third kappa shape index (κ3) is 6.88. The van der Waals surface area contributed by atoms with E-state index in [1.807, 2.05) is 0 Å². The zero-order chi connectivity index (χ0) is 17.5. The molecule has 132 valence electrons. The van der Waals surface area contributed by atoms with Crippen LogP contribution in [-0.4, -0.2) is 54.7 Å². The Morgan fingerprint density at radius 3 is 2.52 bits per heavy atom. The van der Waals surface area contributed by atoms with Crippen molar-refractivity contribution in [3.63, 3.8) is 0 Å².